The summed E-state index contributed by atoms with van der Waals surface area (Å²) in [6.07, 6.45) is 6.97. The van der Waals surface area contributed by atoms with Gasteiger partial charge in [-0.05, 0) is 30.3 Å². The van der Waals surface area contributed by atoms with Crippen molar-refractivity contribution in [2.75, 3.05) is 5.32 Å². The van der Waals surface area contributed by atoms with E-state index in [-0.39, 0.29) is 0 Å². The van der Waals surface area contributed by atoms with Crippen molar-refractivity contribution in [3.8, 4) is 12.3 Å². The van der Waals surface area contributed by atoms with Crippen LogP contribution in [0, 0.1) is 12.3 Å². The Balaban J connectivity index is 2.02. The molecule has 2 aromatic rings. The second-order valence-electron chi connectivity index (χ2n) is 3.16. The minimum atomic E-state index is 0.668. The van der Waals surface area contributed by atoms with Crippen LogP contribution in [0.4, 0.5) is 5.69 Å². The Morgan fingerprint density at radius 1 is 1.27 bits per heavy atom. The van der Waals surface area contributed by atoms with E-state index in [1.807, 2.05) is 36.4 Å². The molecule has 1 aromatic heterocycles. The summed E-state index contributed by atoms with van der Waals surface area (Å²) in [6.45, 7) is 0.668. The fourth-order valence-corrected chi connectivity index (χ4v) is 1.32. The molecule has 2 nitrogen and oxygen atoms in total. The van der Waals surface area contributed by atoms with Gasteiger partial charge in [0, 0.05) is 11.3 Å². The fraction of sp³-hybridized carbons (Fsp3) is 0.0769. The molecule has 1 heterocycles. The maximum absolute atomic E-state index is 5.31. The number of nitrogens with one attached hydrogen (secondary N) is 1. The summed E-state index contributed by atoms with van der Waals surface area (Å²) in [4.78, 5) is 0. The Labute approximate surface area is 88.9 Å². The number of terminal acetylenes is 1. The van der Waals surface area contributed by atoms with Crippen molar-refractivity contribution in [2.24, 2.45) is 0 Å². The average molecular weight is 197 g/mol. The fourth-order valence-electron chi connectivity index (χ4n) is 1.32. The average Bonchev–Trinajstić information content (AvgIpc) is 2.79. The van der Waals surface area contributed by atoms with Crippen LogP contribution in [0.1, 0.15) is 11.3 Å². The van der Waals surface area contributed by atoms with Gasteiger partial charge in [0.05, 0.1) is 12.8 Å². The monoisotopic (exact) mass is 197 g/mol. The smallest absolute Gasteiger partial charge is 0.122 e. The first-order valence-electron chi connectivity index (χ1n) is 4.71. The molecule has 0 aliphatic carbocycles. The van der Waals surface area contributed by atoms with Gasteiger partial charge in [-0.25, -0.2) is 0 Å². The van der Waals surface area contributed by atoms with Crippen LogP contribution in [0.3, 0.4) is 0 Å². The molecule has 0 fully saturated rings. The van der Waals surface area contributed by atoms with Crippen molar-refractivity contribution in [3.63, 3.8) is 0 Å². The van der Waals surface area contributed by atoms with Crippen molar-refractivity contribution in [1.29, 1.82) is 0 Å². The molecule has 1 N–H and O–H groups in total. The van der Waals surface area contributed by atoms with E-state index in [4.69, 9.17) is 10.8 Å². The Morgan fingerprint density at radius 2 is 2.20 bits per heavy atom. The standard InChI is InChI=1S/C13H11NO/c1-2-11-5-3-6-12(9-11)14-10-13-7-4-8-15-13/h1,3-9,14H,10H2. The first kappa shape index (κ1) is 9.42. The molecule has 0 spiro atoms. The van der Waals surface area contributed by atoms with E-state index in [0.717, 1.165) is 17.0 Å². The molecule has 0 aliphatic heterocycles. The largest absolute Gasteiger partial charge is 0.467 e. The van der Waals surface area contributed by atoms with Gasteiger partial charge in [0.15, 0.2) is 0 Å². The van der Waals surface area contributed by atoms with Gasteiger partial charge in [-0.1, -0.05) is 12.0 Å². The highest BCUT2D eigenvalue weighted by atomic mass is 16.3. The van der Waals surface area contributed by atoms with Gasteiger partial charge in [-0.3, -0.25) is 0 Å². The Hall–Kier alpha value is -2.14. The maximum Gasteiger partial charge on any atom is 0.122 e. The summed E-state index contributed by atoms with van der Waals surface area (Å²) in [7, 11) is 0. The Bertz CT molecular complexity index is 466. The predicted octanol–water partition coefficient (Wildman–Crippen LogP) is 2.87. The summed E-state index contributed by atoms with van der Waals surface area (Å²) in [5.74, 6) is 3.50. The highest BCUT2D eigenvalue weighted by Crippen LogP contribution is 2.11. The third kappa shape index (κ3) is 2.41. The second-order valence-corrected chi connectivity index (χ2v) is 3.16. The van der Waals surface area contributed by atoms with Crippen LogP contribution in [0.15, 0.2) is 47.1 Å². The maximum atomic E-state index is 5.31. The Kier molecular flexibility index (Phi) is 2.75. The highest BCUT2D eigenvalue weighted by Gasteiger charge is 1.96. The van der Waals surface area contributed by atoms with Crippen LogP contribution in [0.2, 0.25) is 0 Å². The molecule has 0 radical (unpaired) electrons. The van der Waals surface area contributed by atoms with Gasteiger partial charge < -0.3 is 9.73 Å². The minimum absolute atomic E-state index is 0.668. The number of benzene rings is 1. The van der Waals surface area contributed by atoms with Crippen molar-refractivity contribution in [3.05, 3.63) is 54.0 Å². The van der Waals surface area contributed by atoms with Crippen molar-refractivity contribution >= 4 is 5.69 Å². The third-order valence-corrected chi connectivity index (χ3v) is 2.08. The van der Waals surface area contributed by atoms with Gasteiger partial charge in [0.25, 0.3) is 0 Å². The van der Waals surface area contributed by atoms with Gasteiger partial charge in [0.2, 0.25) is 0 Å². The van der Waals surface area contributed by atoms with Crippen LogP contribution in [-0.2, 0) is 6.54 Å². The molecular weight excluding hydrogens is 186 g/mol. The van der Waals surface area contributed by atoms with Gasteiger partial charge >= 0.3 is 0 Å². The zero-order valence-electron chi connectivity index (χ0n) is 8.23. The van der Waals surface area contributed by atoms with E-state index in [9.17, 15) is 0 Å². The molecule has 2 rings (SSSR count). The lowest BCUT2D eigenvalue weighted by molar-refractivity contribution is 0.518. The zero-order chi connectivity index (χ0) is 10.5. The van der Waals surface area contributed by atoms with E-state index < -0.39 is 0 Å². The SMILES string of the molecule is C#Cc1cccc(NCc2ccco2)c1. The summed E-state index contributed by atoms with van der Waals surface area (Å²) in [6, 6.07) is 11.5. The number of furan rings is 1. The van der Waals surface area contributed by atoms with Crippen LogP contribution < -0.4 is 5.32 Å². The molecule has 0 aliphatic rings. The van der Waals surface area contributed by atoms with Gasteiger partial charge in [-0.2, -0.15) is 0 Å². The second kappa shape index (κ2) is 4.39. The summed E-state index contributed by atoms with van der Waals surface area (Å²) in [5.41, 5.74) is 1.88. The van der Waals surface area contributed by atoms with Crippen molar-refractivity contribution < 1.29 is 4.42 Å². The summed E-state index contributed by atoms with van der Waals surface area (Å²) >= 11 is 0. The topological polar surface area (TPSA) is 25.2 Å². The molecule has 74 valence electrons. The van der Waals surface area contributed by atoms with E-state index >= 15 is 0 Å². The molecule has 2 heteroatoms. The number of hydrogen-bond acceptors (Lipinski definition) is 2. The van der Waals surface area contributed by atoms with Crippen LogP contribution in [0.25, 0.3) is 0 Å². The molecule has 0 unspecified atom stereocenters. The lowest BCUT2D eigenvalue weighted by Gasteiger charge is -2.04. The van der Waals surface area contributed by atoms with Gasteiger partial charge in [-0.15, -0.1) is 6.42 Å². The van der Waals surface area contributed by atoms with E-state index in [2.05, 4.69) is 11.2 Å². The normalized spacial score (nSPS) is 9.53. The molecule has 0 amide bonds. The summed E-state index contributed by atoms with van der Waals surface area (Å²) in [5, 5.41) is 3.23. The first-order chi connectivity index (χ1) is 7.38. The number of hydrogen-bond donors (Lipinski definition) is 1. The summed E-state index contributed by atoms with van der Waals surface area (Å²) < 4.78 is 5.21. The molecule has 1 aromatic carbocycles. The molecular formula is C13H11NO. The van der Waals surface area contributed by atoms with Crippen molar-refractivity contribution in [1.82, 2.24) is 0 Å². The quantitative estimate of drug-likeness (QED) is 0.765. The van der Waals surface area contributed by atoms with E-state index in [1.54, 1.807) is 6.26 Å². The van der Waals surface area contributed by atoms with Crippen LogP contribution in [0.5, 0.6) is 0 Å². The van der Waals surface area contributed by atoms with Crippen LogP contribution >= 0.6 is 0 Å². The zero-order valence-corrected chi connectivity index (χ0v) is 8.23. The van der Waals surface area contributed by atoms with E-state index in [0.29, 0.717) is 6.54 Å². The van der Waals surface area contributed by atoms with Gasteiger partial charge in [0.1, 0.15) is 5.76 Å². The molecule has 0 saturated carbocycles. The minimum Gasteiger partial charge on any atom is -0.467 e. The highest BCUT2D eigenvalue weighted by molar-refractivity contribution is 5.49. The lowest BCUT2D eigenvalue weighted by Crippen LogP contribution is -1.97. The Morgan fingerprint density at radius 3 is 2.93 bits per heavy atom. The predicted molar refractivity (Wildman–Crippen MR) is 60.4 cm³/mol. The lowest BCUT2D eigenvalue weighted by atomic mass is 10.2. The van der Waals surface area contributed by atoms with Crippen molar-refractivity contribution in [2.45, 2.75) is 6.54 Å². The number of rotatable bonds is 3. The number of anilines is 1. The van der Waals surface area contributed by atoms with Crippen LogP contribution in [-0.4, -0.2) is 0 Å². The molecule has 15 heavy (non-hydrogen) atoms. The molecule has 0 saturated heterocycles. The third-order valence-electron chi connectivity index (χ3n) is 2.08. The molecule has 0 atom stereocenters. The van der Waals surface area contributed by atoms with E-state index in [1.165, 1.54) is 0 Å². The molecule has 0 bridgehead atoms. The first-order valence-corrected chi connectivity index (χ1v) is 4.71.